The average Bonchev–Trinajstić information content (AvgIpc) is 3.18. The van der Waals surface area contributed by atoms with Crippen molar-refractivity contribution in [2.24, 2.45) is 12.5 Å². The lowest BCUT2D eigenvalue weighted by atomic mass is 9.72. The Morgan fingerprint density at radius 2 is 1.67 bits per heavy atom. The second-order valence-corrected chi connectivity index (χ2v) is 9.58. The van der Waals surface area contributed by atoms with Crippen LogP contribution in [0.3, 0.4) is 0 Å². The van der Waals surface area contributed by atoms with E-state index in [9.17, 15) is 5.11 Å². The van der Waals surface area contributed by atoms with Crippen LogP contribution in [0.4, 0.5) is 5.95 Å². The monoisotopic (exact) mass is 441 g/mol. The summed E-state index contributed by atoms with van der Waals surface area (Å²) in [7, 11) is 4.12. The molecular weight excluding hydrogens is 414 g/mol. The van der Waals surface area contributed by atoms with E-state index in [-0.39, 0.29) is 5.75 Å². The maximum Gasteiger partial charge on any atom is 0.245 e. The van der Waals surface area contributed by atoms with Crippen molar-refractivity contribution in [1.82, 2.24) is 29.9 Å². The molecule has 2 aromatic carbocycles. The summed E-state index contributed by atoms with van der Waals surface area (Å²) in [6, 6.07) is 11.8. The van der Waals surface area contributed by atoms with Gasteiger partial charge in [-0.2, -0.15) is 5.10 Å². The van der Waals surface area contributed by atoms with Crippen LogP contribution in [0, 0.1) is 5.41 Å². The fraction of sp³-hybridized carbons (Fsp3) is 0.360. The zero-order valence-corrected chi connectivity index (χ0v) is 18.9. The first-order valence-electron chi connectivity index (χ1n) is 11.4. The van der Waals surface area contributed by atoms with E-state index in [1.807, 2.05) is 42.2 Å². The summed E-state index contributed by atoms with van der Waals surface area (Å²) in [5.41, 5.74) is 4.65. The number of phenolic OH excluding ortho intramolecular Hbond substituents is 1. The standard InChI is InChI=1S/C25H27N7O/c1-30-9-7-25(8-10-30)15-32(16-25)24-26-14-21(28-29-24)20-5-3-18(12-23(20)33)17-4-6-22-19(11-17)13-27-31(22)2/h3-6,11-14,33H,7-10,15-16H2,1-2H3. The fourth-order valence-electron chi connectivity index (χ4n) is 5.12. The Morgan fingerprint density at radius 1 is 0.909 bits per heavy atom. The molecule has 168 valence electrons. The van der Waals surface area contributed by atoms with Gasteiger partial charge in [0.1, 0.15) is 11.4 Å². The molecule has 0 radical (unpaired) electrons. The van der Waals surface area contributed by atoms with Crippen molar-refractivity contribution in [2.75, 3.05) is 38.1 Å². The predicted molar refractivity (Wildman–Crippen MR) is 128 cm³/mol. The number of piperidine rings is 1. The third-order valence-electron chi connectivity index (χ3n) is 7.29. The summed E-state index contributed by atoms with van der Waals surface area (Å²) in [4.78, 5) is 9.16. The van der Waals surface area contributed by atoms with E-state index < -0.39 is 0 Å². The predicted octanol–water partition coefficient (Wildman–Crippen LogP) is 3.33. The summed E-state index contributed by atoms with van der Waals surface area (Å²) >= 11 is 0. The molecule has 0 aliphatic carbocycles. The van der Waals surface area contributed by atoms with E-state index >= 15 is 0 Å². The molecule has 0 amide bonds. The normalized spacial score (nSPS) is 18.1. The number of hydrogen-bond donors (Lipinski definition) is 1. The summed E-state index contributed by atoms with van der Waals surface area (Å²) in [6.07, 6.45) is 6.03. The Hall–Kier alpha value is -3.52. The largest absolute Gasteiger partial charge is 0.507 e. The Balaban J connectivity index is 1.19. The molecule has 2 aromatic heterocycles. The van der Waals surface area contributed by atoms with Gasteiger partial charge in [-0.05, 0) is 68.4 Å². The van der Waals surface area contributed by atoms with Gasteiger partial charge in [0.05, 0.1) is 17.9 Å². The molecule has 2 aliphatic rings. The third-order valence-corrected chi connectivity index (χ3v) is 7.29. The highest BCUT2D eigenvalue weighted by atomic mass is 16.3. The summed E-state index contributed by atoms with van der Waals surface area (Å²) < 4.78 is 1.85. The molecule has 0 atom stereocenters. The maximum absolute atomic E-state index is 10.7. The minimum absolute atomic E-state index is 0.164. The molecule has 0 unspecified atom stereocenters. The van der Waals surface area contributed by atoms with Crippen molar-refractivity contribution < 1.29 is 5.11 Å². The highest BCUT2D eigenvalue weighted by molar-refractivity contribution is 5.85. The van der Waals surface area contributed by atoms with Crippen molar-refractivity contribution in [3.8, 4) is 28.1 Å². The molecule has 4 aromatic rings. The van der Waals surface area contributed by atoms with Crippen LogP contribution in [0.15, 0.2) is 48.8 Å². The van der Waals surface area contributed by atoms with E-state index in [2.05, 4.69) is 43.2 Å². The Morgan fingerprint density at radius 3 is 2.39 bits per heavy atom. The number of phenols is 1. The molecule has 2 saturated heterocycles. The molecule has 33 heavy (non-hydrogen) atoms. The first kappa shape index (κ1) is 20.1. The smallest absolute Gasteiger partial charge is 0.245 e. The maximum atomic E-state index is 10.7. The second kappa shape index (κ2) is 7.52. The number of anilines is 1. The number of aryl methyl sites for hydroxylation is 1. The molecule has 1 spiro atoms. The second-order valence-electron chi connectivity index (χ2n) is 9.58. The molecule has 0 saturated carbocycles. The zero-order chi connectivity index (χ0) is 22.6. The molecule has 8 nitrogen and oxygen atoms in total. The summed E-state index contributed by atoms with van der Waals surface area (Å²) in [5.74, 6) is 0.834. The van der Waals surface area contributed by atoms with E-state index in [1.165, 1.54) is 12.8 Å². The van der Waals surface area contributed by atoms with Crippen LogP contribution in [0.5, 0.6) is 5.75 Å². The molecule has 2 fully saturated rings. The first-order chi connectivity index (χ1) is 16.0. The van der Waals surface area contributed by atoms with Gasteiger partial charge in [-0.15, -0.1) is 10.2 Å². The zero-order valence-electron chi connectivity index (χ0n) is 18.9. The Labute approximate surface area is 192 Å². The summed E-state index contributed by atoms with van der Waals surface area (Å²) in [6.45, 7) is 4.33. The van der Waals surface area contributed by atoms with Gasteiger partial charge in [-0.1, -0.05) is 12.1 Å². The van der Waals surface area contributed by atoms with Crippen LogP contribution in [0.25, 0.3) is 33.3 Å². The number of nitrogens with zero attached hydrogens (tertiary/aromatic N) is 7. The van der Waals surface area contributed by atoms with Gasteiger partial charge in [0.25, 0.3) is 0 Å². The van der Waals surface area contributed by atoms with Crippen LogP contribution in [0.1, 0.15) is 12.8 Å². The quantitative estimate of drug-likeness (QED) is 0.522. The first-order valence-corrected chi connectivity index (χ1v) is 11.4. The van der Waals surface area contributed by atoms with E-state index in [0.29, 0.717) is 22.6 Å². The van der Waals surface area contributed by atoms with Gasteiger partial charge in [0.15, 0.2) is 0 Å². The van der Waals surface area contributed by atoms with Crippen molar-refractivity contribution in [3.05, 3.63) is 48.8 Å². The number of rotatable bonds is 3. The van der Waals surface area contributed by atoms with E-state index in [0.717, 1.165) is 48.2 Å². The van der Waals surface area contributed by atoms with Gasteiger partial charge in [0, 0.05) is 36.5 Å². The lowest BCUT2D eigenvalue weighted by molar-refractivity contribution is 0.0893. The van der Waals surface area contributed by atoms with Crippen LogP contribution < -0.4 is 4.90 Å². The Kier molecular flexibility index (Phi) is 4.58. The van der Waals surface area contributed by atoms with Gasteiger partial charge in [0.2, 0.25) is 5.95 Å². The molecule has 2 aliphatic heterocycles. The molecule has 8 heteroatoms. The topological polar surface area (TPSA) is 83.2 Å². The van der Waals surface area contributed by atoms with Crippen molar-refractivity contribution in [2.45, 2.75) is 12.8 Å². The van der Waals surface area contributed by atoms with Gasteiger partial charge >= 0.3 is 0 Å². The van der Waals surface area contributed by atoms with Crippen molar-refractivity contribution in [3.63, 3.8) is 0 Å². The van der Waals surface area contributed by atoms with Gasteiger partial charge in [-0.25, -0.2) is 4.98 Å². The number of likely N-dealkylation sites (tertiary alicyclic amines) is 1. The Bertz CT molecular complexity index is 1310. The van der Waals surface area contributed by atoms with Crippen LogP contribution >= 0.6 is 0 Å². The van der Waals surface area contributed by atoms with E-state index in [1.54, 1.807) is 12.3 Å². The molecule has 1 N–H and O–H groups in total. The number of aromatic hydroxyl groups is 1. The molecule has 6 rings (SSSR count). The number of benzene rings is 2. The minimum Gasteiger partial charge on any atom is -0.507 e. The molecule has 4 heterocycles. The number of aromatic nitrogens is 5. The number of hydrogen-bond acceptors (Lipinski definition) is 7. The lowest BCUT2D eigenvalue weighted by Gasteiger charge is -2.53. The SMILES string of the molecule is CN1CCC2(CC1)CN(c1ncc(-c3ccc(-c4ccc5c(cnn5C)c4)cc3O)nn1)C2. The molecular formula is C25H27N7O. The van der Waals surface area contributed by atoms with Crippen molar-refractivity contribution in [1.29, 1.82) is 0 Å². The number of fused-ring (bicyclic) bond motifs is 1. The lowest BCUT2D eigenvalue weighted by Crippen LogP contribution is -2.60. The van der Waals surface area contributed by atoms with Crippen LogP contribution in [0.2, 0.25) is 0 Å². The third kappa shape index (κ3) is 3.51. The fourth-order valence-corrected chi connectivity index (χ4v) is 5.12. The average molecular weight is 442 g/mol. The highest BCUT2D eigenvalue weighted by Crippen LogP contribution is 2.41. The van der Waals surface area contributed by atoms with Crippen LogP contribution in [-0.4, -0.2) is 68.2 Å². The summed E-state index contributed by atoms with van der Waals surface area (Å²) in [5, 5.41) is 24.8. The van der Waals surface area contributed by atoms with Crippen LogP contribution in [-0.2, 0) is 7.05 Å². The van der Waals surface area contributed by atoms with Gasteiger partial charge in [-0.3, -0.25) is 4.68 Å². The molecule has 0 bridgehead atoms. The van der Waals surface area contributed by atoms with E-state index in [4.69, 9.17) is 0 Å². The van der Waals surface area contributed by atoms with Gasteiger partial charge < -0.3 is 14.9 Å². The highest BCUT2D eigenvalue weighted by Gasteiger charge is 2.45. The minimum atomic E-state index is 0.164. The van der Waals surface area contributed by atoms with Crippen molar-refractivity contribution >= 4 is 16.9 Å².